The molecule has 0 aliphatic heterocycles. The zero-order valence-electron chi connectivity index (χ0n) is 19.9. The summed E-state index contributed by atoms with van der Waals surface area (Å²) < 4.78 is 17.5. The van der Waals surface area contributed by atoms with Crippen LogP contribution in [0.15, 0.2) is 89.5 Å². The van der Waals surface area contributed by atoms with Crippen LogP contribution in [0.2, 0.25) is 0 Å². The maximum atomic E-state index is 13.1. The van der Waals surface area contributed by atoms with Gasteiger partial charge >= 0.3 is 5.97 Å². The van der Waals surface area contributed by atoms with E-state index in [2.05, 4.69) is 17.1 Å². The number of hydrogen-bond acceptors (Lipinski definition) is 5. The summed E-state index contributed by atoms with van der Waals surface area (Å²) in [5.41, 5.74) is 2.24. The normalized spacial score (nSPS) is 18.0. The minimum atomic E-state index is -0.814. The minimum Gasteiger partial charge on any atom is -0.478 e. The van der Waals surface area contributed by atoms with Crippen molar-refractivity contribution in [1.82, 2.24) is 9.97 Å². The van der Waals surface area contributed by atoms with Crippen molar-refractivity contribution >= 4 is 16.9 Å². The lowest BCUT2D eigenvalue weighted by molar-refractivity contribution is -0.154. The van der Waals surface area contributed by atoms with Crippen LogP contribution in [0.4, 0.5) is 0 Å². The van der Waals surface area contributed by atoms with Crippen LogP contribution in [0.25, 0.3) is 22.4 Å². The summed E-state index contributed by atoms with van der Waals surface area (Å²) in [6.07, 6.45) is 11.1. The van der Waals surface area contributed by atoms with E-state index in [0.29, 0.717) is 30.9 Å². The number of hydrogen-bond donors (Lipinski definition) is 1. The van der Waals surface area contributed by atoms with Gasteiger partial charge in [-0.2, -0.15) is 0 Å². The monoisotopic (exact) mass is 468 g/mol. The predicted octanol–water partition coefficient (Wildman–Crippen LogP) is 6.19. The van der Waals surface area contributed by atoms with Crippen molar-refractivity contribution in [1.29, 1.82) is 0 Å². The third-order valence-electron chi connectivity index (χ3n) is 6.63. The number of methoxy groups -OCH3 is 1. The molecule has 2 aromatic heterocycles. The Morgan fingerprint density at radius 1 is 1.17 bits per heavy atom. The van der Waals surface area contributed by atoms with E-state index >= 15 is 0 Å². The van der Waals surface area contributed by atoms with Crippen LogP contribution >= 0.6 is 0 Å². The molecule has 0 spiro atoms. The molecule has 2 unspecified atom stereocenters. The second kappa shape index (κ2) is 9.66. The van der Waals surface area contributed by atoms with Crippen molar-refractivity contribution < 1.29 is 18.7 Å². The van der Waals surface area contributed by atoms with Gasteiger partial charge in [0.15, 0.2) is 0 Å². The molecule has 1 aliphatic carbocycles. The Morgan fingerprint density at radius 2 is 2.03 bits per heavy atom. The lowest BCUT2D eigenvalue weighted by Crippen LogP contribution is -2.45. The van der Waals surface area contributed by atoms with Gasteiger partial charge in [0.2, 0.25) is 12.0 Å². The van der Waals surface area contributed by atoms with Gasteiger partial charge in [-0.1, -0.05) is 42.5 Å². The van der Waals surface area contributed by atoms with Crippen LogP contribution in [0.1, 0.15) is 24.3 Å². The fourth-order valence-electron chi connectivity index (χ4n) is 4.66. The second-order valence-electron chi connectivity index (χ2n) is 8.86. The highest BCUT2D eigenvalue weighted by atomic mass is 16.6. The highest BCUT2D eigenvalue weighted by Gasteiger charge is 2.44. The van der Waals surface area contributed by atoms with E-state index in [1.165, 1.54) is 7.11 Å². The number of esters is 1. The molecule has 6 heteroatoms. The number of oxazole rings is 1. The molecule has 2 heterocycles. The van der Waals surface area contributed by atoms with Crippen LogP contribution in [0, 0.1) is 12.3 Å². The van der Waals surface area contributed by atoms with Crippen molar-refractivity contribution in [2.75, 3.05) is 7.11 Å². The van der Waals surface area contributed by atoms with E-state index in [1.807, 2.05) is 79.9 Å². The molecule has 0 amide bonds. The maximum absolute atomic E-state index is 13.1. The number of ether oxygens (including phenoxy) is 2. The first-order chi connectivity index (χ1) is 17.1. The quantitative estimate of drug-likeness (QED) is 0.312. The smallest absolute Gasteiger partial charge is 0.347 e. The van der Waals surface area contributed by atoms with E-state index in [-0.39, 0.29) is 0 Å². The van der Waals surface area contributed by atoms with Crippen molar-refractivity contribution in [3.63, 3.8) is 0 Å². The van der Waals surface area contributed by atoms with Crippen molar-refractivity contribution in [2.24, 2.45) is 5.41 Å². The largest absolute Gasteiger partial charge is 0.478 e. The highest BCUT2D eigenvalue weighted by Crippen LogP contribution is 2.40. The zero-order chi connectivity index (χ0) is 24.3. The average Bonchev–Trinajstić information content (AvgIpc) is 3.52. The summed E-state index contributed by atoms with van der Waals surface area (Å²) in [7, 11) is 1.40. The number of carbonyl (C=O) groups is 1. The van der Waals surface area contributed by atoms with Crippen LogP contribution < -0.4 is 4.74 Å². The number of aromatic nitrogens is 2. The molecular formula is C29H28N2O4. The molecule has 4 aromatic rings. The fourth-order valence-corrected chi connectivity index (χ4v) is 4.66. The van der Waals surface area contributed by atoms with Crippen LogP contribution in [0.5, 0.6) is 5.75 Å². The van der Waals surface area contributed by atoms with E-state index in [0.717, 1.165) is 27.9 Å². The van der Waals surface area contributed by atoms with Crippen molar-refractivity contribution in [3.05, 3.63) is 96.6 Å². The number of nitrogens with one attached hydrogen (secondary N) is 1. The predicted molar refractivity (Wildman–Crippen MR) is 135 cm³/mol. The Bertz CT molecular complexity index is 1380. The van der Waals surface area contributed by atoms with Gasteiger partial charge in [-0.3, -0.25) is 0 Å². The lowest BCUT2D eigenvalue weighted by Gasteiger charge is -2.37. The summed E-state index contributed by atoms with van der Waals surface area (Å²) in [5.74, 6) is 1.61. The Morgan fingerprint density at radius 3 is 2.80 bits per heavy atom. The Labute approximate surface area is 204 Å². The highest BCUT2D eigenvalue weighted by molar-refractivity contribution is 5.81. The van der Waals surface area contributed by atoms with Gasteiger partial charge in [-0.05, 0) is 62.6 Å². The molecule has 2 aromatic carbocycles. The van der Waals surface area contributed by atoms with E-state index in [1.54, 1.807) is 0 Å². The lowest BCUT2D eigenvalue weighted by atomic mass is 9.72. The molecule has 0 radical (unpaired) electrons. The topological polar surface area (TPSA) is 77.4 Å². The number of rotatable bonds is 8. The SMILES string of the molecule is COC(=O)C(Oc1ccc2[nH]ccc2c1)C1(CCc2nc(-c3ccccc3)oc2C)C=CC=CC1. The van der Waals surface area contributed by atoms with Crippen LogP contribution in [-0.4, -0.2) is 29.2 Å². The number of allylic oxidation sites excluding steroid dienone is 3. The summed E-state index contributed by atoms with van der Waals surface area (Å²) in [4.78, 5) is 21.0. The van der Waals surface area contributed by atoms with E-state index in [4.69, 9.17) is 18.9 Å². The average molecular weight is 469 g/mol. The number of benzene rings is 2. The van der Waals surface area contributed by atoms with Gasteiger partial charge in [0.1, 0.15) is 11.5 Å². The Balaban J connectivity index is 1.43. The third-order valence-corrected chi connectivity index (χ3v) is 6.63. The first-order valence-corrected chi connectivity index (χ1v) is 11.8. The Kier molecular flexibility index (Phi) is 6.27. The molecule has 1 aliphatic rings. The molecule has 6 nitrogen and oxygen atoms in total. The van der Waals surface area contributed by atoms with E-state index < -0.39 is 17.5 Å². The molecule has 0 fully saturated rings. The van der Waals surface area contributed by atoms with Crippen LogP contribution in [0.3, 0.4) is 0 Å². The molecule has 178 valence electrons. The number of nitrogens with zero attached hydrogens (tertiary/aromatic N) is 1. The van der Waals surface area contributed by atoms with Gasteiger partial charge in [0.05, 0.1) is 12.8 Å². The van der Waals surface area contributed by atoms with E-state index in [9.17, 15) is 4.79 Å². The summed E-state index contributed by atoms with van der Waals surface area (Å²) in [6, 6.07) is 17.6. The molecule has 0 saturated heterocycles. The fraction of sp³-hybridized carbons (Fsp3) is 0.241. The number of fused-ring (bicyclic) bond motifs is 1. The summed E-state index contributed by atoms with van der Waals surface area (Å²) in [5, 5.41) is 1.02. The van der Waals surface area contributed by atoms with Gasteiger partial charge in [0, 0.05) is 28.1 Å². The van der Waals surface area contributed by atoms with Gasteiger partial charge in [-0.15, -0.1) is 0 Å². The summed E-state index contributed by atoms with van der Waals surface area (Å²) in [6.45, 7) is 1.93. The standard InChI is InChI=1S/C29H28N2O4/c1-20-24(31-27(34-20)21-9-5-3-6-10-21)13-17-29(15-7-4-8-16-29)26(28(32)33-2)35-23-11-12-25-22(19-23)14-18-30-25/h3-12,14-15,18-19,26,30H,13,16-17H2,1-2H3. The molecule has 0 saturated carbocycles. The number of aryl methyl sites for hydroxylation is 2. The van der Waals surface area contributed by atoms with Gasteiger partial charge in [-0.25, -0.2) is 9.78 Å². The maximum Gasteiger partial charge on any atom is 0.347 e. The molecule has 5 rings (SSSR count). The summed E-state index contributed by atoms with van der Waals surface area (Å²) >= 11 is 0. The van der Waals surface area contributed by atoms with Crippen LogP contribution in [-0.2, 0) is 16.0 Å². The molecule has 2 atom stereocenters. The zero-order valence-corrected chi connectivity index (χ0v) is 19.9. The van der Waals surface area contributed by atoms with Crippen molar-refractivity contribution in [3.8, 4) is 17.2 Å². The number of carbonyl (C=O) groups excluding carboxylic acids is 1. The van der Waals surface area contributed by atoms with Gasteiger partial charge in [0.25, 0.3) is 0 Å². The Hall–Kier alpha value is -4.06. The first-order valence-electron chi connectivity index (χ1n) is 11.8. The number of aromatic amines is 1. The van der Waals surface area contributed by atoms with Crippen molar-refractivity contribution in [2.45, 2.75) is 32.3 Å². The molecular weight excluding hydrogens is 440 g/mol. The minimum absolute atomic E-state index is 0.402. The molecule has 35 heavy (non-hydrogen) atoms. The van der Waals surface area contributed by atoms with Gasteiger partial charge < -0.3 is 18.9 Å². The number of H-pyrrole nitrogens is 1. The second-order valence-corrected chi connectivity index (χ2v) is 8.86. The molecule has 0 bridgehead atoms. The third kappa shape index (κ3) is 4.64. The first kappa shape index (κ1) is 22.7. The molecule has 1 N–H and O–H groups in total.